The van der Waals surface area contributed by atoms with Crippen LogP contribution in [0.5, 0.6) is 5.75 Å². The van der Waals surface area contributed by atoms with E-state index in [-0.39, 0.29) is 0 Å². The normalized spacial score (nSPS) is 13.2. The lowest BCUT2D eigenvalue weighted by molar-refractivity contribution is 0.205. The van der Waals surface area contributed by atoms with E-state index in [1.54, 1.807) is 25.6 Å². The molecule has 8 heteroatoms. The Bertz CT molecular complexity index is 919. The number of nitrogens with zero attached hydrogens (tertiary/aromatic N) is 4. The molecule has 0 spiro atoms. The van der Waals surface area contributed by atoms with Crippen LogP contribution in [0.4, 0.5) is 10.9 Å². The van der Waals surface area contributed by atoms with Crippen LogP contribution in [-0.4, -0.2) is 48.7 Å². The summed E-state index contributed by atoms with van der Waals surface area (Å²) in [5, 5.41) is 5.48. The molecule has 7 nitrogen and oxygen atoms in total. The van der Waals surface area contributed by atoms with Gasteiger partial charge in [-0.15, -0.1) is 11.3 Å². The highest BCUT2D eigenvalue weighted by atomic mass is 32.1. The summed E-state index contributed by atoms with van der Waals surface area (Å²) in [7, 11) is 3.39. The van der Waals surface area contributed by atoms with Crippen LogP contribution in [-0.2, 0) is 17.7 Å². The lowest BCUT2D eigenvalue weighted by Crippen LogP contribution is -2.29. The van der Waals surface area contributed by atoms with Crippen LogP contribution >= 0.6 is 11.3 Å². The van der Waals surface area contributed by atoms with Crippen LogP contribution in [0.1, 0.15) is 10.4 Å². The van der Waals surface area contributed by atoms with E-state index < -0.39 is 0 Å². The van der Waals surface area contributed by atoms with E-state index in [2.05, 4.69) is 28.2 Å². The standard InChI is InChI=1S/C19H23N5O2S/c1-25-10-9-23-8-7-16-17(21-19(20)27-16)15-12-24(22-18(15)23)11-13-3-5-14(26-2)6-4-13/h3-6,12H,7-11H2,1-2H3,(H2,20,21). The Labute approximate surface area is 162 Å². The smallest absolute Gasteiger partial charge is 0.180 e. The summed E-state index contributed by atoms with van der Waals surface area (Å²) in [4.78, 5) is 8.07. The van der Waals surface area contributed by atoms with Gasteiger partial charge in [0.15, 0.2) is 10.9 Å². The van der Waals surface area contributed by atoms with Crippen molar-refractivity contribution in [2.45, 2.75) is 13.0 Å². The van der Waals surface area contributed by atoms with Gasteiger partial charge in [0, 0.05) is 37.7 Å². The first kappa shape index (κ1) is 17.8. The number of benzene rings is 1. The quantitative estimate of drug-likeness (QED) is 0.703. The molecular formula is C19H23N5O2S. The molecule has 1 aromatic carbocycles. The topological polar surface area (TPSA) is 78.4 Å². The molecule has 4 rings (SSSR count). The number of fused-ring (bicyclic) bond motifs is 3. The van der Waals surface area contributed by atoms with Crippen LogP contribution in [0.25, 0.3) is 11.3 Å². The van der Waals surface area contributed by atoms with Gasteiger partial charge in [-0.1, -0.05) is 12.1 Å². The second-order valence-electron chi connectivity index (χ2n) is 6.47. The lowest BCUT2D eigenvalue weighted by Gasteiger charge is -2.21. The summed E-state index contributed by atoms with van der Waals surface area (Å²) in [6.07, 6.45) is 2.99. The van der Waals surface area contributed by atoms with E-state index in [9.17, 15) is 0 Å². The fourth-order valence-corrected chi connectivity index (χ4v) is 4.16. The van der Waals surface area contributed by atoms with E-state index in [4.69, 9.17) is 20.3 Å². The molecule has 0 saturated carbocycles. The van der Waals surface area contributed by atoms with Crippen molar-refractivity contribution < 1.29 is 9.47 Å². The molecule has 0 radical (unpaired) electrons. The largest absolute Gasteiger partial charge is 0.497 e. The number of methoxy groups -OCH3 is 2. The van der Waals surface area contributed by atoms with Crippen molar-refractivity contribution in [2.75, 3.05) is 44.5 Å². The molecule has 1 aliphatic heterocycles. The van der Waals surface area contributed by atoms with Crippen LogP contribution in [0.15, 0.2) is 30.5 Å². The molecule has 3 heterocycles. The van der Waals surface area contributed by atoms with E-state index in [0.29, 0.717) is 18.3 Å². The van der Waals surface area contributed by atoms with Crippen molar-refractivity contribution in [2.24, 2.45) is 0 Å². The van der Waals surface area contributed by atoms with Gasteiger partial charge in [-0.3, -0.25) is 4.68 Å². The van der Waals surface area contributed by atoms with Gasteiger partial charge in [-0.25, -0.2) is 4.98 Å². The minimum Gasteiger partial charge on any atom is -0.497 e. The molecule has 142 valence electrons. The van der Waals surface area contributed by atoms with E-state index >= 15 is 0 Å². The lowest BCUT2D eigenvalue weighted by atomic mass is 10.2. The maximum absolute atomic E-state index is 5.97. The summed E-state index contributed by atoms with van der Waals surface area (Å²) in [5.41, 5.74) is 9.14. The van der Waals surface area contributed by atoms with Gasteiger partial charge in [0.1, 0.15) is 5.75 Å². The summed E-state index contributed by atoms with van der Waals surface area (Å²) in [6, 6.07) is 8.04. The number of ether oxygens (including phenoxy) is 2. The van der Waals surface area contributed by atoms with E-state index in [1.165, 1.54) is 4.88 Å². The average Bonchev–Trinajstić information content (AvgIpc) is 3.22. The van der Waals surface area contributed by atoms with Crippen LogP contribution in [0.2, 0.25) is 0 Å². The van der Waals surface area contributed by atoms with Gasteiger partial charge >= 0.3 is 0 Å². The van der Waals surface area contributed by atoms with Gasteiger partial charge in [0.2, 0.25) is 0 Å². The van der Waals surface area contributed by atoms with Crippen molar-refractivity contribution in [1.82, 2.24) is 14.8 Å². The second kappa shape index (κ2) is 7.58. The molecule has 0 bridgehead atoms. The van der Waals surface area contributed by atoms with E-state index in [1.807, 2.05) is 16.8 Å². The predicted octanol–water partition coefficient (Wildman–Crippen LogP) is 2.65. The molecular weight excluding hydrogens is 362 g/mol. The minimum absolute atomic E-state index is 0.610. The molecule has 0 atom stereocenters. The van der Waals surface area contributed by atoms with Crippen LogP contribution in [0, 0.1) is 0 Å². The molecule has 0 fully saturated rings. The zero-order chi connectivity index (χ0) is 18.8. The average molecular weight is 385 g/mol. The van der Waals surface area contributed by atoms with Gasteiger partial charge in [-0.05, 0) is 17.7 Å². The van der Waals surface area contributed by atoms with Crippen molar-refractivity contribution >= 4 is 22.3 Å². The van der Waals surface area contributed by atoms with Gasteiger partial charge in [0.25, 0.3) is 0 Å². The maximum atomic E-state index is 5.97. The Morgan fingerprint density at radius 1 is 1.22 bits per heavy atom. The highest BCUT2D eigenvalue weighted by molar-refractivity contribution is 7.15. The van der Waals surface area contributed by atoms with Crippen molar-refractivity contribution in [3.8, 4) is 17.0 Å². The van der Waals surface area contributed by atoms with Gasteiger partial charge in [0.05, 0.1) is 31.5 Å². The van der Waals surface area contributed by atoms with Crippen molar-refractivity contribution in [3.05, 3.63) is 40.9 Å². The number of nitrogens with two attached hydrogens (primary N) is 1. The van der Waals surface area contributed by atoms with Crippen LogP contribution in [0.3, 0.4) is 0 Å². The maximum Gasteiger partial charge on any atom is 0.180 e. The van der Waals surface area contributed by atoms with E-state index in [0.717, 1.165) is 47.9 Å². The highest BCUT2D eigenvalue weighted by Gasteiger charge is 2.26. The number of thiazole rings is 1. The molecule has 2 aromatic heterocycles. The zero-order valence-corrected chi connectivity index (χ0v) is 16.3. The molecule has 0 aliphatic carbocycles. The Hall–Kier alpha value is -2.58. The first-order valence-electron chi connectivity index (χ1n) is 8.87. The molecule has 27 heavy (non-hydrogen) atoms. The highest BCUT2D eigenvalue weighted by Crippen LogP contribution is 2.38. The number of rotatable bonds is 6. The Morgan fingerprint density at radius 3 is 2.78 bits per heavy atom. The van der Waals surface area contributed by atoms with Gasteiger partial charge < -0.3 is 20.1 Å². The minimum atomic E-state index is 0.610. The fourth-order valence-electron chi connectivity index (χ4n) is 3.32. The van der Waals surface area contributed by atoms with Gasteiger partial charge in [-0.2, -0.15) is 5.10 Å². The number of hydrogen-bond acceptors (Lipinski definition) is 7. The molecule has 0 unspecified atom stereocenters. The summed E-state index contributed by atoms with van der Waals surface area (Å²) >= 11 is 1.57. The number of aromatic nitrogens is 3. The summed E-state index contributed by atoms with van der Waals surface area (Å²) < 4.78 is 12.5. The first-order valence-corrected chi connectivity index (χ1v) is 9.69. The summed E-state index contributed by atoms with van der Waals surface area (Å²) in [5.74, 6) is 1.80. The fraction of sp³-hybridized carbons (Fsp3) is 0.368. The third-order valence-corrected chi connectivity index (χ3v) is 5.63. The molecule has 2 N–H and O–H groups in total. The third-order valence-electron chi connectivity index (χ3n) is 4.69. The number of hydrogen-bond donors (Lipinski definition) is 1. The number of nitrogen functional groups attached to an aromatic ring is 1. The molecule has 0 amide bonds. The Morgan fingerprint density at radius 2 is 2.04 bits per heavy atom. The molecule has 3 aromatic rings. The molecule has 1 aliphatic rings. The second-order valence-corrected chi connectivity index (χ2v) is 7.58. The predicted molar refractivity (Wildman–Crippen MR) is 108 cm³/mol. The zero-order valence-electron chi connectivity index (χ0n) is 15.5. The Kier molecular flexibility index (Phi) is 5.00. The SMILES string of the molecule is COCCN1CCc2sc(N)nc2-c2cn(Cc3ccc(OC)cc3)nc21. The van der Waals surface area contributed by atoms with Crippen molar-refractivity contribution in [1.29, 1.82) is 0 Å². The Balaban J connectivity index is 1.68. The monoisotopic (exact) mass is 385 g/mol. The van der Waals surface area contributed by atoms with Crippen molar-refractivity contribution in [3.63, 3.8) is 0 Å². The molecule has 0 saturated heterocycles. The van der Waals surface area contributed by atoms with Crippen LogP contribution < -0.4 is 15.4 Å². The third kappa shape index (κ3) is 3.63. The summed E-state index contributed by atoms with van der Waals surface area (Å²) in [6.45, 7) is 3.02. The number of anilines is 2. The first-order chi connectivity index (χ1) is 13.2.